The molecular weight excluding hydrogens is 498 g/mol. The molecule has 0 unspecified atom stereocenters. The first kappa shape index (κ1) is 27.6. The van der Waals surface area contributed by atoms with Crippen molar-refractivity contribution in [2.24, 2.45) is 3.50 Å². The summed E-state index contributed by atoms with van der Waals surface area (Å²) in [5.74, 6) is 0. The molecule has 0 amide bonds. The van der Waals surface area contributed by atoms with E-state index in [0.29, 0.717) is 0 Å². The average molecular weight is 536 g/mol. The monoisotopic (exact) mass is 537 g/mol. The van der Waals surface area contributed by atoms with Gasteiger partial charge in [0.15, 0.2) is 0 Å². The molecule has 0 N–H and O–H groups in total. The fourth-order valence-electron chi connectivity index (χ4n) is 3.28. The topological polar surface area (TPSA) is 40.6 Å². The van der Waals surface area contributed by atoms with Crippen molar-refractivity contribution in [2.45, 2.75) is 60.8 Å². The average Bonchev–Trinajstić information content (AvgIpc) is 3.37. The Morgan fingerprint density at radius 3 is 1.44 bits per heavy atom. The van der Waals surface area contributed by atoms with Gasteiger partial charge in [0.1, 0.15) is 0 Å². The molecule has 0 aliphatic carbocycles. The van der Waals surface area contributed by atoms with Crippen LogP contribution in [0.2, 0.25) is 0 Å². The van der Waals surface area contributed by atoms with Crippen LogP contribution in [-0.4, -0.2) is 4.40 Å². The normalized spacial score (nSPS) is 10.2. The molecule has 34 heavy (non-hydrogen) atoms. The van der Waals surface area contributed by atoms with Crippen molar-refractivity contribution in [3.63, 3.8) is 0 Å². The van der Waals surface area contributed by atoms with Crippen LogP contribution in [-0.2, 0) is 23.3 Å². The molecule has 0 saturated heterocycles. The Bertz CT molecular complexity index is 1130. The van der Waals surface area contributed by atoms with Crippen molar-refractivity contribution in [3.05, 3.63) is 112 Å². The van der Waals surface area contributed by atoms with E-state index in [1.807, 2.05) is 52.0 Å². The van der Waals surface area contributed by atoms with Gasteiger partial charge in [0.25, 0.3) is 0 Å². The molecule has 4 rings (SSSR count). The molecule has 0 radical (unpaired) electrons. The minimum absolute atomic E-state index is 0.101. The van der Waals surface area contributed by atoms with E-state index < -0.39 is 17.9 Å². The van der Waals surface area contributed by atoms with Gasteiger partial charge in [-0.25, -0.2) is 0 Å². The Hall–Kier alpha value is -2.64. The molecule has 3 nitrogen and oxygen atoms in total. The Kier molecular flexibility index (Phi) is 10.8. The minimum atomic E-state index is -0.493. The van der Waals surface area contributed by atoms with E-state index in [0.717, 1.165) is 22.8 Å². The molecule has 2 heterocycles. The van der Waals surface area contributed by atoms with Gasteiger partial charge in [-0.15, -0.1) is 0 Å². The molecule has 4 aromatic rings. The molecule has 0 fully saturated rings. The zero-order valence-corrected chi connectivity index (χ0v) is 23.8. The van der Waals surface area contributed by atoms with Crippen molar-refractivity contribution >= 4 is 10.1 Å². The van der Waals surface area contributed by atoms with Crippen molar-refractivity contribution in [3.8, 4) is 0 Å². The Balaban J connectivity index is 0.000000235. The summed E-state index contributed by atoms with van der Waals surface area (Å²) in [6, 6.07) is 25.1. The molecule has 0 bridgehead atoms. The maximum absolute atomic E-state index is 4.89. The SMILES string of the molecule is Cc1ccc(C)[n-]1.Cc1ccc(C)[n-]1.Cc1cccc(C)c1[N]=[Mo+2]=[CH]C(C)(C)c1ccccc1. The summed E-state index contributed by atoms with van der Waals surface area (Å²) in [5.41, 5.74) is 9.65. The number of benzene rings is 2. The van der Waals surface area contributed by atoms with Crippen LogP contribution in [0.25, 0.3) is 0 Å². The number of aryl methyl sites for hydroxylation is 6. The molecule has 0 aliphatic heterocycles. The number of nitrogens with zero attached hydrogens (tertiary/aromatic N) is 3. The Morgan fingerprint density at radius 1 is 0.618 bits per heavy atom. The second-order valence-electron chi connectivity index (χ2n) is 9.10. The number of hydrogen-bond acceptors (Lipinski definition) is 1. The standard InChI is InChI=1S/C10H12.C8H9N.2C6H8N.Mo/c1-10(2,3)9-7-5-4-6-8-9;1-6-4-3-5-7(2)8(6)9;2*1-5-3-4-6(2)7-5;/h1,4-8H,2-3H3;3-5H,1-2H3;2*3-4H,1-2H3;/q;;2*-1;+2. The fourth-order valence-corrected chi connectivity index (χ4v) is 5.36. The van der Waals surface area contributed by atoms with Gasteiger partial charge in [0.05, 0.1) is 0 Å². The zero-order chi connectivity index (χ0) is 25.1. The molecule has 0 aliphatic rings. The van der Waals surface area contributed by atoms with Crippen molar-refractivity contribution in [2.75, 3.05) is 0 Å². The van der Waals surface area contributed by atoms with Gasteiger partial charge in [-0.2, -0.15) is 22.8 Å². The molecule has 2 aromatic carbocycles. The molecule has 0 saturated carbocycles. The first-order chi connectivity index (χ1) is 16.1. The third-order valence-corrected chi connectivity index (χ3v) is 7.70. The summed E-state index contributed by atoms with van der Waals surface area (Å²) in [4.78, 5) is 8.22. The van der Waals surface area contributed by atoms with Gasteiger partial charge in [-0.1, -0.05) is 52.0 Å². The van der Waals surface area contributed by atoms with Crippen LogP contribution in [0.15, 0.2) is 76.3 Å². The van der Waals surface area contributed by atoms with Gasteiger partial charge < -0.3 is 9.97 Å². The van der Waals surface area contributed by atoms with E-state index in [2.05, 4.69) is 90.6 Å². The van der Waals surface area contributed by atoms with Crippen LogP contribution >= 0.6 is 0 Å². The molecule has 178 valence electrons. The Labute approximate surface area is 214 Å². The van der Waals surface area contributed by atoms with Gasteiger partial charge >= 0.3 is 130 Å². The molecule has 2 aromatic heterocycles. The first-order valence-corrected chi connectivity index (χ1v) is 13.6. The quantitative estimate of drug-likeness (QED) is 0.255. The number of aromatic nitrogens is 2. The molecule has 0 atom stereocenters. The summed E-state index contributed by atoms with van der Waals surface area (Å²) >= 11 is -0.493. The van der Waals surface area contributed by atoms with E-state index in [1.165, 1.54) is 22.4 Å². The summed E-state index contributed by atoms with van der Waals surface area (Å²) < 4.78 is 7.31. The van der Waals surface area contributed by atoms with Crippen molar-refractivity contribution in [1.82, 2.24) is 9.97 Å². The third kappa shape index (κ3) is 9.31. The van der Waals surface area contributed by atoms with E-state index in [9.17, 15) is 0 Å². The van der Waals surface area contributed by atoms with Gasteiger partial charge in [0.2, 0.25) is 0 Å². The van der Waals surface area contributed by atoms with Crippen LogP contribution in [0.1, 0.15) is 53.3 Å². The number of hydrogen-bond donors (Lipinski definition) is 0. The van der Waals surface area contributed by atoms with Crippen LogP contribution in [0.5, 0.6) is 0 Å². The van der Waals surface area contributed by atoms with Crippen LogP contribution < -0.4 is 9.97 Å². The van der Waals surface area contributed by atoms with Crippen LogP contribution in [0.4, 0.5) is 5.69 Å². The summed E-state index contributed by atoms with van der Waals surface area (Å²) in [5, 5.41) is 0. The summed E-state index contributed by atoms with van der Waals surface area (Å²) in [7, 11) is 0. The van der Waals surface area contributed by atoms with Crippen molar-refractivity contribution in [1.29, 1.82) is 0 Å². The van der Waals surface area contributed by atoms with E-state index in [1.54, 1.807) is 0 Å². The van der Waals surface area contributed by atoms with Gasteiger partial charge in [-0.05, 0) is 0 Å². The van der Waals surface area contributed by atoms with E-state index in [-0.39, 0.29) is 5.41 Å². The zero-order valence-electron chi connectivity index (χ0n) is 21.8. The predicted molar refractivity (Wildman–Crippen MR) is 142 cm³/mol. The third-order valence-electron chi connectivity index (χ3n) is 5.29. The first-order valence-electron chi connectivity index (χ1n) is 11.6. The molecular formula is C30H37MoN3. The van der Waals surface area contributed by atoms with Gasteiger partial charge in [0, 0.05) is 0 Å². The summed E-state index contributed by atoms with van der Waals surface area (Å²) in [6.45, 7) is 16.8. The van der Waals surface area contributed by atoms with E-state index in [4.69, 9.17) is 3.50 Å². The second-order valence-corrected chi connectivity index (χ2v) is 10.6. The number of rotatable bonds is 3. The van der Waals surface area contributed by atoms with Crippen LogP contribution in [0, 0.1) is 41.5 Å². The van der Waals surface area contributed by atoms with Crippen molar-refractivity contribution < 1.29 is 17.9 Å². The fraction of sp³-hybridized carbons (Fsp3) is 0.300. The van der Waals surface area contributed by atoms with E-state index >= 15 is 0 Å². The second kappa shape index (κ2) is 13.3. The molecule has 4 heteroatoms. The van der Waals surface area contributed by atoms with Gasteiger partial charge in [-0.3, -0.25) is 0 Å². The maximum atomic E-state index is 4.89. The summed E-state index contributed by atoms with van der Waals surface area (Å²) in [6.07, 6.45) is 0. The Morgan fingerprint density at radius 2 is 1.06 bits per heavy atom. The predicted octanol–water partition coefficient (Wildman–Crippen LogP) is 7.50. The van der Waals surface area contributed by atoms with Crippen LogP contribution in [0.3, 0.4) is 0 Å². The molecule has 0 spiro atoms.